The van der Waals surface area contributed by atoms with Crippen molar-refractivity contribution in [3.05, 3.63) is 34.3 Å². The molecule has 0 aliphatic heterocycles. The number of hydrogen-bond acceptors (Lipinski definition) is 1. The van der Waals surface area contributed by atoms with Gasteiger partial charge in [0.1, 0.15) is 0 Å². The molecule has 16 heavy (non-hydrogen) atoms. The highest BCUT2D eigenvalue weighted by atomic mass is 79.9. The Kier molecular flexibility index (Phi) is 3.31. The standard InChI is InChI=1S/C12H14BrF2N/c13-9-3-1-2-8(6-9)10(11(14)15)7-12(16)4-5-12/h1-3,6,10-11H,4-5,7,16H2. The number of rotatable bonds is 4. The molecule has 2 N–H and O–H groups in total. The third-order valence-electron chi connectivity index (χ3n) is 3.10. The topological polar surface area (TPSA) is 26.0 Å². The van der Waals surface area contributed by atoms with E-state index in [1.54, 1.807) is 18.2 Å². The molecule has 0 amide bonds. The minimum atomic E-state index is -2.35. The summed E-state index contributed by atoms with van der Waals surface area (Å²) in [7, 11) is 0. The highest BCUT2D eigenvalue weighted by molar-refractivity contribution is 9.10. The van der Waals surface area contributed by atoms with Crippen molar-refractivity contribution in [2.45, 2.75) is 37.1 Å². The van der Waals surface area contributed by atoms with Crippen LogP contribution in [0.3, 0.4) is 0 Å². The van der Waals surface area contributed by atoms with Crippen LogP contribution in [0.15, 0.2) is 28.7 Å². The smallest absolute Gasteiger partial charge is 0.245 e. The summed E-state index contributed by atoms with van der Waals surface area (Å²) in [4.78, 5) is 0. The minimum absolute atomic E-state index is 0.344. The molecule has 1 aliphatic carbocycles. The van der Waals surface area contributed by atoms with E-state index < -0.39 is 12.3 Å². The molecule has 1 aliphatic rings. The zero-order valence-corrected chi connectivity index (χ0v) is 10.4. The predicted octanol–water partition coefficient (Wildman–Crippen LogP) is 3.68. The Balaban J connectivity index is 2.18. The zero-order chi connectivity index (χ0) is 11.8. The van der Waals surface area contributed by atoms with Crippen molar-refractivity contribution >= 4 is 15.9 Å². The van der Waals surface area contributed by atoms with Gasteiger partial charge < -0.3 is 5.73 Å². The molecule has 0 spiro atoms. The molecule has 4 heteroatoms. The molecule has 88 valence electrons. The van der Waals surface area contributed by atoms with E-state index >= 15 is 0 Å². The van der Waals surface area contributed by atoms with Crippen LogP contribution in [0.25, 0.3) is 0 Å². The van der Waals surface area contributed by atoms with Gasteiger partial charge in [0.05, 0.1) is 0 Å². The normalized spacial score (nSPS) is 19.8. The van der Waals surface area contributed by atoms with Crippen LogP contribution in [0.4, 0.5) is 8.78 Å². The maximum Gasteiger partial charge on any atom is 0.245 e. The van der Waals surface area contributed by atoms with E-state index in [4.69, 9.17) is 5.73 Å². The van der Waals surface area contributed by atoms with Crippen molar-refractivity contribution in [1.29, 1.82) is 0 Å². The fourth-order valence-corrected chi connectivity index (χ4v) is 2.31. The summed E-state index contributed by atoms with van der Waals surface area (Å²) in [6.45, 7) is 0. The van der Waals surface area contributed by atoms with Gasteiger partial charge in [-0.05, 0) is 37.0 Å². The second-order valence-electron chi connectivity index (χ2n) is 4.56. The van der Waals surface area contributed by atoms with Gasteiger partial charge in [0.15, 0.2) is 0 Å². The molecule has 2 rings (SSSR count). The van der Waals surface area contributed by atoms with Crippen LogP contribution in [0.1, 0.15) is 30.7 Å². The molecule has 1 aromatic rings. The fourth-order valence-electron chi connectivity index (χ4n) is 1.89. The Morgan fingerprint density at radius 2 is 2.06 bits per heavy atom. The van der Waals surface area contributed by atoms with Gasteiger partial charge in [-0.2, -0.15) is 0 Å². The van der Waals surface area contributed by atoms with Gasteiger partial charge in [-0.15, -0.1) is 0 Å². The van der Waals surface area contributed by atoms with Gasteiger partial charge in [0.2, 0.25) is 6.43 Å². The maximum atomic E-state index is 13.0. The van der Waals surface area contributed by atoms with Crippen molar-refractivity contribution < 1.29 is 8.78 Å². The molecule has 1 unspecified atom stereocenters. The maximum absolute atomic E-state index is 13.0. The van der Waals surface area contributed by atoms with Crippen molar-refractivity contribution in [2.75, 3.05) is 0 Å². The van der Waals surface area contributed by atoms with Crippen LogP contribution in [0.5, 0.6) is 0 Å². The van der Waals surface area contributed by atoms with Crippen LogP contribution < -0.4 is 5.73 Å². The summed E-state index contributed by atoms with van der Waals surface area (Å²) in [6.07, 6.45) is -0.245. The van der Waals surface area contributed by atoms with Gasteiger partial charge in [0.25, 0.3) is 0 Å². The lowest BCUT2D eigenvalue weighted by Crippen LogP contribution is -2.27. The second kappa shape index (κ2) is 4.41. The van der Waals surface area contributed by atoms with Gasteiger partial charge in [-0.3, -0.25) is 0 Å². The predicted molar refractivity (Wildman–Crippen MR) is 63.7 cm³/mol. The largest absolute Gasteiger partial charge is 0.325 e. The van der Waals surface area contributed by atoms with Crippen molar-refractivity contribution in [3.8, 4) is 0 Å². The van der Waals surface area contributed by atoms with E-state index in [9.17, 15) is 8.78 Å². The van der Waals surface area contributed by atoms with Crippen molar-refractivity contribution in [2.24, 2.45) is 5.73 Å². The number of alkyl halides is 2. The number of benzene rings is 1. The third-order valence-corrected chi connectivity index (χ3v) is 3.59. The third kappa shape index (κ3) is 2.80. The Morgan fingerprint density at radius 1 is 1.38 bits per heavy atom. The lowest BCUT2D eigenvalue weighted by atomic mass is 9.91. The average Bonchev–Trinajstić information content (AvgIpc) is 2.93. The van der Waals surface area contributed by atoms with Crippen molar-refractivity contribution in [3.63, 3.8) is 0 Å². The molecule has 1 fully saturated rings. The van der Waals surface area contributed by atoms with Crippen LogP contribution in [0, 0.1) is 0 Å². The first-order valence-corrected chi connectivity index (χ1v) is 6.12. The molecule has 0 aromatic heterocycles. The van der Waals surface area contributed by atoms with Gasteiger partial charge >= 0.3 is 0 Å². The van der Waals surface area contributed by atoms with Crippen LogP contribution in [-0.4, -0.2) is 12.0 Å². The first kappa shape index (κ1) is 12.0. The molecule has 1 atom stereocenters. The number of hydrogen-bond donors (Lipinski definition) is 1. The van der Waals surface area contributed by atoms with E-state index in [1.165, 1.54) is 0 Å². The molecule has 1 saturated carbocycles. The molecule has 0 radical (unpaired) electrons. The number of halogens is 3. The first-order valence-electron chi connectivity index (χ1n) is 5.33. The summed E-state index contributed by atoms with van der Waals surface area (Å²) >= 11 is 3.30. The van der Waals surface area contributed by atoms with E-state index in [0.29, 0.717) is 12.0 Å². The first-order chi connectivity index (χ1) is 7.50. The SMILES string of the molecule is NC1(CC(c2cccc(Br)c2)C(F)F)CC1. The van der Waals surface area contributed by atoms with Crippen LogP contribution in [-0.2, 0) is 0 Å². The summed E-state index contributed by atoms with van der Waals surface area (Å²) in [5, 5.41) is 0. The zero-order valence-electron chi connectivity index (χ0n) is 8.80. The average molecular weight is 290 g/mol. The summed E-state index contributed by atoms with van der Waals surface area (Å²) in [5.41, 5.74) is 6.24. The second-order valence-corrected chi connectivity index (χ2v) is 5.48. The molecular weight excluding hydrogens is 276 g/mol. The quantitative estimate of drug-likeness (QED) is 0.899. The number of nitrogens with two attached hydrogens (primary N) is 1. The van der Waals surface area contributed by atoms with Crippen LogP contribution >= 0.6 is 15.9 Å². The van der Waals surface area contributed by atoms with Crippen LogP contribution in [0.2, 0.25) is 0 Å². The van der Waals surface area contributed by atoms with Gasteiger partial charge in [0, 0.05) is 15.9 Å². The molecule has 1 aromatic carbocycles. The van der Waals surface area contributed by atoms with Crippen molar-refractivity contribution in [1.82, 2.24) is 0 Å². The minimum Gasteiger partial charge on any atom is -0.325 e. The Bertz CT molecular complexity index is 377. The molecule has 0 heterocycles. The lowest BCUT2D eigenvalue weighted by molar-refractivity contribution is 0.105. The van der Waals surface area contributed by atoms with E-state index in [1.807, 2.05) is 6.07 Å². The molecule has 0 saturated heterocycles. The Labute approximate surface area is 102 Å². The summed E-state index contributed by atoms with van der Waals surface area (Å²) in [6, 6.07) is 7.11. The lowest BCUT2D eigenvalue weighted by Gasteiger charge is -2.20. The van der Waals surface area contributed by atoms with E-state index in [-0.39, 0.29) is 5.54 Å². The highest BCUT2D eigenvalue weighted by Gasteiger charge is 2.42. The van der Waals surface area contributed by atoms with E-state index in [2.05, 4.69) is 15.9 Å². The molecule has 1 nitrogen and oxygen atoms in total. The van der Waals surface area contributed by atoms with Gasteiger partial charge in [-0.25, -0.2) is 8.78 Å². The molecule has 0 bridgehead atoms. The molecular formula is C12H14BrF2N. The Hall–Kier alpha value is -0.480. The van der Waals surface area contributed by atoms with Gasteiger partial charge in [-0.1, -0.05) is 28.1 Å². The monoisotopic (exact) mass is 289 g/mol. The highest BCUT2D eigenvalue weighted by Crippen LogP contribution is 2.43. The Morgan fingerprint density at radius 3 is 2.56 bits per heavy atom. The summed E-state index contributed by atoms with van der Waals surface area (Å²) < 4.78 is 26.8. The summed E-state index contributed by atoms with van der Waals surface area (Å²) in [5.74, 6) is -0.745. The fraction of sp³-hybridized carbons (Fsp3) is 0.500. The van der Waals surface area contributed by atoms with E-state index in [0.717, 1.165) is 17.3 Å².